The van der Waals surface area contributed by atoms with Gasteiger partial charge in [-0.05, 0) is 11.1 Å². The van der Waals surface area contributed by atoms with Crippen molar-refractivity contribution >= 4 is 27.9 Å². The summed E-state index contributed by atoms with van der Waals surface area (Å²) in [5, 5.41) is 9.75. The summed E-state index contributed by atoms with van der Waals surface area (Å²) in [6.07, 6.45) is 0. The number of nitrogens with zero attached hydrogens (tertiary/aromatic N) is 2. The summed E-state index contributed by atoms with van der Waals surface area (Å²) in [6.45, 7) is 1.39. The second-order valence-corrected chi connectivity index (χ2v) is 5.62. The third-order valence-electron chi connectivity index (χ3n) is 3.40. The van der Waals surface area contributed by atoms with Gasteiger partial charge in [-0.1, -0.05) is 24.3 Å². The van der Waals surface area contributed by atoms with Gasteiger partial charge in [0.1, 0.15) is 15.9 Å². The number of amides is 1. The van der Waals surface area contributed by atoms with Crippen molar-refractivity contribution in [3.63, 3.8) is 0 Å². The van der Waals surface area contributed by atoms with Crippen molar-refractivity contribution < 1.29 is 4.79 Å². The van der Waals surface area contributed by atoms with Crippen molar-refractivity contribution in [1.82, 2.24) is 0 Å². The van der Waals surface area contributed by atoms with Crippen LogP contribution in [0.25, 0.3) is 0 Å². The van der Waals surface area contributed by atoms with Crippen LogP contribution in [-0.4, -0.2) is 5.91 Å². The molecule has 1 amide bonds. The van der Waals surface area contributed by atoms with Crippen LogP contribution in [-0.2, 0) is 13.1 Å². The summed E-state index contributed by atoms with van der Waals surface area (Å²) >= 11 is 1.22. The molecule has 0 saturated carbocycles. The molecule has 1 aromatic heterocycles. The Morgan fingerprint density at radius 2 is 1.90 bits per heavy atom. The first-order valence-corrected chi connectivity index (χ1v) is 6.87. The van der Waals surface area contributed by atoms with E-state index in [9.17, 15) is 4.79 Å². The number of benzene rings is 1. The van der Waals surface area contributed by atoms with Crippen molar-refractivity contribution in [2.45, 2.75) is 13.1 Å². The van der Waals surface area contributed by atoms with Gasteiger partial charge in [-0.3, -0.25) is 4.79 Å². The SMILES string of the molecule is N#Cc1sc(N2Cc3ccccc3C2)c(C(N)=O)c1N. The maximum absolute atomic E-state index is 11.6. The molecular weight excluding hydrogens is 272 g/mol. The van der Waals surface area contributed by atoms with Crippen LogP contribution >= 0.6 is 11.3 Å². The highest BCUT2D eigenvalue weighted by atomic mass is 32.1. The molecule has 0 aliphatic carbocycles. The lowest BCUT2D eigenvalue weighted by atomic mass is 10.1. The maximum Gasteiger partial charge on any atom is 0.253 e. The Kier molecular flexibility index (Phi) is 2.84. The van der Waals surface area contributed by atoms with Gasteiger partial charge in [0, 0.05) is 13.1 Å². The maximum atomic E-state index is 11.6. The number of thiophene rings is 1. The van der Waals surface area contributed by atoms with Gasteiger partial charge in [0.05, 0.1) is 11.3 Å². The van der Waals surface area contributed by atoms with Gasteiger partial charge in [0.2, 0.25) is 0 Å². The predicted octanol–water partition coefficient (Wildman–Crippen LogP) is 1.82. The molecule has 0 radical (unpaired) electrons. The Labute approximate surface area is 120 Å². The number of nitrogen functional groups attached to an aromatic ring is 1. The van der Waals surface area contributed by atoms with Crippen LogP contribution < -0.4 is 16.4 Å². The van der Waals surface area contributed by atoms with Crippen LogP contribution in [0.15, 0.2) is 24.3 Å². The number of carbonyl (C=O) groups excluding carboxylic acids is 1. The summed E-state index contributed by atoms with van der Waals surface area (Å²) < 4.78 is 0. The summed E-state index contributed by atoms with van der Waals surface area (Å²) in [5.74, 6) is -0.591. The average Bonchev–Trinajstić information content (AvgIpc) is 2.98. The molecule has 1 aliphatic heterocycles. The highest BCUT2D eigenvalue weighted by Gasteiger charge is 2.27. The van der Waals surface area contributed by atoms with Crippen LogP contribution in [0, 0.1) is 11.3 Å². The predicted molar refractivity (Wildman–Crippen MR) is 78.3 cm³/mol. The second-order valence-electron chi connectivity index (χ2n) is 4.63. The van der Waals surface area contributed by atoms with Crippen LogP contribution in [0.5, 0.6) is 0 Å². The Morgan fingerprint density at radius 3 is 2.40 bits per heavy atom. The van der Waals surface area contributed by atoms with E-state index in [-0.39, 0.29) is 11.3 Å². The lowest BCUT2D eigenvalue weighted by Crippen LogP contribution is -2.20. The number of hydrogen-bond acceptors (Lipinski definition) is 5. The zero-order chi connectivity index (χ0) is 14.3. The molecule has 0 spiro atoms. The lowest BCUT2D eigenvalue weighted by molar-refractivity contribution is 0.100. The van der Waals surface area contributed by atoms with E-state index in [4.69, 9.17) is 16.7 Å². The van der Waals surface area contributed by atoms with Crippen LogP contribution in [0.4, 0.5) is 10.7 Å². The van der Waals surface area contributed by atoms with Gasteiger partial charge >= 0.3 is 0 Å². The molecule has 0 saturated heterocycles. The van der Waals surface area contributed by atoms with Crippen molar-refractivity contribution in [2.75, 3.05) is 10.6 Å². The van der Waals surface area contributed by atoms with Crippen LogP contribution in [0.3, 0.4) is 0 Å². The normalized spacial score (nSPS) is 13.1. The molecule has 5 nitrogen and oxygen atoms in total. The topological polar surface area (TPSA) is 96.1 Å². The molecule has 0 fully saturated rings. The molecule has 1 aromatic carbocycles. The van der Waals surface area contributed by atoms with Gasteiger partial charge in [-0.15, -0.1) is 11.3 Å². The number of carbonyl (C=O) groups is 1. The number of hydrogen-bond donors (Lipinski definition) is 2. The van der Waals surface area contributed by atoms with Crippen molar-refractivity contribution in [3.05, 3.63) is 45.8 Å². The first-order valence-electron chi connectivity index (χ1n) is 6.05. The first-order chi connectivity index (χ1) is 9.61. The summed E-state index contributed by atoms with van der Waals surface area (Å²) in [7, 11) is 0. The smallest absolute Gasteiger partial charge is 0.253 e. The molecule has 20 heavy (non-hydrogen) atoms. The summed E-state index contributed by atoms with van der Waals surface area (Å²) in [5.41, 5.74) is 14.1. The fraction of sp³-hybridized carbons (Fsp3) is 0.143. The minimum Gasteiger partial charge on any atom is -0.396 e. The molecule has 0 atom stereocenters. The van der Waals surface area contributed by atoms with Crippen molar-refractivity contribution in [3.8, 4) is 6.07 Å². The molecular formula is C14H12N4OS. The fourth-order valence-corrected chi connectivity index (χ4v) is 3.47. The lowest BCUT2D eigenvalue weighted by Gasteiger charge is -2.16. The fourth-order valence-electron chi connectivity index (χ4n) is 2.45. The zero-order valence-corrected chi connectivity index (χ0v) is 11.4. The number of anilines is 2. The van der Waals surface area contributed by atoms with E-state index >= 15 is 0 Å². The van der Waals surface area contributed by atoms with E-state index in [0.717, 1.165) is 0 Å². The van der Waals surface area contributed by atoms with Gasteiger partial charge in [-0.25, -0.2) is 0 Å². The third kappa shape index (κ3) is 1.80. The van der Waals surface area contributed by atoms with Crippen molar-refractivity contribution in [2.24, 2.45) is 5.73 Å². The van der Waals surface area contributed by atoms with Crippen molar-refractivity contribution in [1.29, 1.82) is 5.26 Å². The monoisotopic (exact) mass is 284 g/mol. The molecule has 1 aliphatic rings. The third-order valence-corrected chi connectivity index (χ3v) is 4.57. The van der Waals surface area contributed by atoms with Gasteiger partial charge in [0.25, 0.3) is 5.91 Å². The van der Waals surface area contributed by atoms with Crippen LogP contribution in [0.2, 0.25) is 0 Å². The highest BCUT2D eigenvalue weighted by Crippen LogP contribution is 2.40. The number of nitriles is 1. The number of rotatable bonds is 2. The summed E-state index contributed by atoms with van der Waals surface area (Å²) in [6, 6.07) is 10.1. The van der Waals surface area contributed by atoms with Gasteiger partial charge < -0.3 is 16.4 Å². The number of fused-ring (bicyclic) bond motifs is 1. The minimum absolute atomic E-state index is 0.191. The summed E-state index contributed by atoms with van der Waals surface area (Å²) in [4.78, 5) is 14.0. The number of nitrogens with two attached hydrogens (primary N) is 2. The Hall–Kier alpha value is -2.52. The molecule has 0 bridgehead atoms. The Morgan fingerprint density at radius 1 is 1.30 bits per heavy atom. The van der Waals surface area contributed by atoms with Gasteiger partial charge in [-0.2, -0.15) is 5.26 Å². The van der Waals surface area contributed by atoms with E-state index in [0.29, 0.717) is 23.0 Å². The number of primary amides is 1. The first kappa shape index (κ1) is 12.5. The van der Waals surface area contributed by atoms with E-state index < -0.39 is 5.91 Å². The molecule has 6 heteroatoms. The van der Waals surface area contributed by atoms with Gasteiger partial charge in [0.15, 0.2) is 0 Å². The van der Waals surface area contributed by atoms with E-state index in [1.807, 2.05) is 23.1 Å². The zero-order valence-electron chi connectivity index (χ0n) is 10.6. The molecule has 2 heterocycles. The Balaban J connectivity index is 2.05. The average molecular weight is 284 g/mol. The largest absolute Gasteiger partial charge is 0.396 e. The highest BCUT2D eigenvalue weighted by molar-refractivity contribution is 7.17. The molecule has 4 N–H and O–H groups in total. The van der Waals surface area contributed by atoms with E-state index in [2.05, 4.69) is 12.1 Å². The Bertz CT molecular complexity index is 719. The molecule has 100 valence electrons. The van der Waals surface area contributed by atoms with E-state index in [1.165, 1.54) is 22.5 Å². The van der Waals surface area contributed by atoms with E-state index in [1.54, 1.807) is 0 Å². The molecule has 3 rings (SSSR count). The van der Waals surface area contributed by atoms with Crippen LogP contribution in [0.1, 0.15) is 26.4 Å². The second kappa shape index (κ2) is 4.54. The molecule has 2 aromatic rings. The molecule has 0 unspecified atom stereocenters. The standard InChI is InChI=1S/C14H12N4OS/c15-5-10-12(16)11(13(17)19)14(20-10)18-6-8-3-1-2-4-9(8)7-18/h1-4H,6-7,16H2,(H2,17,19). The quantitative estimate of drug-likeness (QED) is 0.879. The minimum atomic E-state index is -0.591.